The molecular weight excluding hydrogens is 351 g/mol. The van der Waals surface area contributed by atoms with Crippen LogP contribution in [0.25, 0.3) is 0 Å². The SMILES string of the molecule is COc1ccc(N)cc1Oc1cc(Br)ccc1C(F)(F)F. The Labute approximate surface area is 127 Å². The van der Waals surface area contributed by atoms with Crippen molar-refractivity contribution in [1.82, 2.24) is 0 Å². The maximum absolute atomic E-state index is 13.0. The minimum Gasteiger partial charge on any atom is -0.493 e. The summed E-state index contributed by atoms with van der Waals surface area (Å²) in [6.07, 6.45) is -4.52. The van der Waals surface area contributed by atoms with Crippen molar-refractivity contribution in [2.45, 2.75) is 6.18 Å². The van der Waals surface area contributed by atoms with Crippen molar-refractivity contribution in [3.63, 3.8) is 0 Å². The van der Waals surface area contributed by atoms with Crippen LogP contribution in [0.4, 0.5) is 18.9 Å². The Bertz CT molecular complexity index is 659. The summed E-state index contributed by atoms with van der Waals surface area (Å²) in [5.74, 6) is 0.0687. The minimum atomic E-state index is -4.52. The molecule has 3 nitrogen and oxygen atoms in total. The molecule has 0 unspecified atom stereocenters. The number of alkyl halides is 3. The maximum atomic E-state index is 13.0. The van der Waals surface area contributed by atoms with E-state index in [-0.39, 0.29) is 17.2 Å². The van der Waals surface area contributed by atoms with Crippen LogP contribution in [0.15, 0.2) is 40.9 Å². The van der Waals surface area contributed by atoms with Crippen LogP contribution in [0, 0.1) is 0 Å². The molecule has 0 aliphatic rings. The summed E-state index contributed by atoms with van der Waals surface area (Å²) < 4.78 is 49.9. The topological polar surface area (TPSA) is 44.5 Å². The van der Waals surface area contributed by atoms with Crippen molar-refractivity contribution >= 4 is 21.6 Å². The van der Waals surface area contributed by atoms with Gasteiger partial charge in [-0.3, -0.25) is 0 Å². The molecule has 112 valence electrons. The van der Waals surface area contributed by atoms with Crippen LogP contribution in [0.1, 0.15) is 5.56 Å². The van der Waals surface area contributed by atoms with Gasteiger partial charge >= 0.3 is 6.18 Å². The van der Waals surface area contributed by atoms with Crippen LogP contribution < -0.4 is 15.2 Å². The smallest absolute Gasteiger partial charge is 0.419 e. The molecule has 7 heteroatoms. The van der Waals surface area contributed by atoms with Crippen molar-refractivity contribution in [3.8, 4) is 17.2 Å². The van der Waals surface area contributed by atoms with Crippen LogP contribution in [-0.2, 0) is 6.18 Å². The third kappa shape index (κ3) is 3.60. The van der Waals surface area contributed by atoms with Crippen LogP contribution in [0.3, 0.4) is 0 Å². The zero-order valence-electron chi connectivity index (χ0n) is 10.9. The molecule has 0 bridgehead atoms. The Morgan fingerprint density at radius 2 is 1.71 bits per heavy atom. The third-order valence-electron chi connectivity index (χ3n) is 2.66. The van der Waals surface area contributed by atoms with Gasteiger partial charge in [0.2, 0.25) is 0 Å². The number of nitrogen functional groups attached to an aromatic ring is 1. The number of nitrogens with two attached hydrogens (primary N) is 1. The Kier molecular flexibility index (Phi) is 4.32. The van der Waals surface area contributed by atoms with E-state index < -0.39 is 11.7 Å². The van der Waals surface area contributed by atoms with E-state index in [2.05, 4.69) is 15.9 Å². The van der Waals surface area contributed by atoms with Gasteiger partial charge < -0.3 is 15.2 Å². The van der Waals surface area contributed by atoms with Crippen LogP contribution in [0.5, 0.6) is 17.2 Å². The number of hydrogen-bond acceptors (Lipinski definition) is 3. The molecule has 0 fully saturated rings. The average Bonchev–Trinajstić information content (AvgIpc) is 2.37. The Hall–Kier alpha value is -1.89. The Morgan fingerprint density at radius 1 is 1.00 bits per heavy atom. The molecule has 2 aromatic rings. The fraction of sp³-hybridized carbons (Fsp3) is 0.143. The predicted octanol–water partition coefficient (Wildman–Crippen LogP) is 4.85. The van der Waals surface area contributed by atoms with Crippen LogP contribution >= 0.6 is 15.9 Å². The quantitative estimate of drug-likeness (QED) is 0.794. The molecule has 0 amide bonds. The lowest BCUT2D eigenvalue weighted by Gasteiger charge is -2.16. The summed E-state index contributed by atoms with van der Waals surface area (Å²) in [6, 6.07) is 7.98. The van der Waals surface area contributed by atoms with Gasteiger partial charge in [0.15, 0.2) is 11.5 Å². The first-order chi connectivity index (χ1) is 9.81. The monoisotopic (exact) mass is 361 g/mol. The van der Waals surface area contributed by atoms with Gasteiger partial charge in [-0.05, 0) is 30.3 Å². The molecule has 0 spiro atoms. The van der Waals surface area contributed by atoms with E-state index >= 15 is 0 Å². The van der Waals surface area contributed by atoms with E-state index in [0.717, 1.165) is 6.07 Å². The van der Waals surface area contributed by atoms with Crippen molar-refractivity contribution in [1.29, 1.82) is 0 Å². The second-order valence-corrected chi connectivity index (χ2v) is 5.07. The summed E-state index contributed by atoms with van der Waals surface area (Å²) in [6.45, 7) is 0. The number of benzene rings is 2. The predicted molar refractivity (Wildman–Crippen MR) is 76.6 cm³/mol. The van der Waals surface area contributed by atoms with E-state index in [1.54, 1.807) is 6.07 Å². The highest BCUT2D eigenvalue weighted by Crippen LogP contribution is 2.41. The maximum Gasteiger partial charge on any atom is 0.419 e. The lowest BCUT2D eigenvalue weighted by atomic mass is 10.2. The summed E-state index contributed by atoms with van der Waals surface area (Å²) in [5, 5.41) is 0. The molecule has 0 saturated carbocycles. The summed E-state index contributed by atoms with van der Waals surface area (Å²) in [7, 11) is 1.39. The first-order valence-electron chi connectivity index (χ1n) is 5.79. The summed E-state index contributed by atoms with van der Waals surface area (Å²) in [5.41, 5.74) is 5.10. The minimum absolute atomic E-state index is 0.112. The van der Waals surface area contributed by atoms with Crippen LogP contribution in [0.2, 0.25) is 0 Å². The molecule has 0 atom stereocenters. The average molecular weight is 362 g/mol. The Morgan fingerprint density at radius 3 is 2.33 bits per heavy atom. The first-order valence-corrected chi connectivity index (χ1v) is 6.58. The number of halogens is 4. The molecule has 2 N–H and O–H groups in total. The zero-order chi connectivity index (χ0) is 15.6. The van der Waals surface area contributed by atoms with Crippen LogP contribution in [-0.4, -0.2) is 7.11 Å². The second-order valence-electron chi connectivity index (χ2n) is 4.15. The second kappa shape index (κ2) is 5.85. The molecule has 2 aromatic carbocycles. The van der Waals surface area contributed by atoms with Gasteiger partial charge in [0.1, 0.15) is 5.75 Å². The van der Waals surface area contributed by atoms with E-state index in [1.165, 1.54) is 31.4 Å². The number of ether oxygens (including phenoxy) is 2. The normalized spacial score (nSPS) is 11.3. The highest BCUT2D eigenvalue weighted by atomic mass is 79.9. The van der Waals surface area contributed by atoms with Crippen molar-refractivity contribution in [3.05, 3.63) is 46.4 Å². The molecule has 21 heavy (non-hydrogen) atoms. The van der Waals surface area contributed by atoms with Gasteiger partial charge in [-0.25, -0.2) is 0 Å². The largest absolute Gasteiger partial charge is 0.493 e. The molecule has 0 aromatic heterocycles. The molecular formula is C14H11BrF3NO2. The molecule has 0 heterocycles. The molecule has 0 saturated heterocycles. The van der Waals surface area contributed by atoms with E-state index in [0.29, 0.717) is 10.2 Å². The van der Waals surface area contributed by atoms with Gasteiger partial charge in [0.05, 0.1) is 12.7 Å². The van der Waals surface area contributed by atoms with Crippen molar-refractivity contribution in [2.75, 3.05) is 12.8 Å². The van der Waals surface area contributed by atoms with Crippen molar-refractivity contribution in [2.24, 2.45) is 0 Å². The molecule has 0 aliphatic carbocycles. The van der Waals surface area contributed by atoms with E-state index in [4.69, 9.17) is 15.2 Å². The lowest BCUT2D eigenvalue weighted by molar-refractivity contribution is -0.138. The summed E-state index contributed by atoms with van der Waals surface area (Å²) >= 11 is 3.12. The number of methoxy groups -OCH3 is 1. The van der Waals surface area contributed by atoms with Gasteiger partial charge in [-0.2, -0.15) is 13.2 Å². The van der Waals surface area contributed by atoms with E-state index in [9.17, 15) is 13.2 Å². The fourth-order valence-electron chi connectivity index (χ4n) is 1.71. The molecule has 0 aliphatic heterocycles. The summed E-state index contributed by atoms with van der Waals surface area (Å²) in [4.78, 5) is 0. The standard InChI is InChI=1S/C14H11BrF3NO2/c1-20-11-5-3-9(19)7-13(11)21-12-6-8(15)2-4-10(12)14(16,17)18/h2-7H,19H2,1H3. The highest BCUT2D eigenvalue weighted by molar-refractivity contribution is 9.10. The highest BCUT2D eigenvalue weighted by Gasteiger charge is 2.34. The fourth-order valence-corrected chi connectivity index (χ4v) is 2.05. The van der Waals surface area contributed by atoms with Gasteiger partial charge in [0, 0.05) is 16.2 Å². The number of hydrogen-bond donors (Lipinski definition) is 1. The van der Waals surface area contributed by atoms with Gasteiger partial charge in [-0.15, -0.1) is 0 Å². The lowest BCUT2D eigenvalue weighted by Crippen LogP contribution is -2.07. The Balaban J connectivity index is 2.49. The third-order valence-corrected chi connectivity index (χ3v) is 3.15. The molecule has 0 radical (unpaired) electrons. The van der Waals surface area contributed by atoms with Crippen molar-refractivity contribution < 1.29 is 22.6 Å². The van der Waals surface area contributed by atoms with Gasteiger partial charge in [0.25, 0.3) is 0 Å². The van der Waals surface area contributed by atoms with Gasteiger partial charge in [-0.1, -0.05) is 15.9 Å². The van der Waals surface area contributed by atoms with E-state index in [1.807, 2.05) is 0 Å². The number of anilines is 1. The zero-order valence-corrected chi connectivity index (χ0v) is 12.5. The molecule has 2 rings (SSSR count). The first kappa shape index (κ1) is 15.5. The number of rotatable bonds is 3.